The van der Waals surface area contributed by atoms with E-state index < -0.39 is 0 Å². The molecule has 3 aromatic heterocycles. The van der Waals surface area contributed by atoms with Gasteiger partial charge >= 0.3 is 0 Å². The summed E-state index contributed by atoms with van der Waals surface area (Å²) in [6, 6.07) is 11.1. The molecule has 0 amide bonds. The highest BCUT2D eigenvalue weighted by Gasteiger charge is 2.39. The monoisotopic (exact) mass is 491 g/mol. The van der Waals surface area contributed by atoms with Crippen molar-refractivity contribution in [2.45, 2.75) is 19.4 Å². The molecule has 3 aliphatic rings. The summed E-state index contributed by atoms with van der Waals surface area (Å²) in [4.78, 5) is 18.0. The van der Waals surface area contributed by atoms with Crippen molar-refractivity contribution >= 4 is 22.2 Å². The molecule has 1 unspecified atom stereocenters. The van der Waals surface area contributed by atoms with Crippen molar-refractivity contribution in [1.29, 1.82) is 0 Å². The zero-order valence-corrected chi connectivity index (χ0v) is 20.9. The summed E-state index contributed by atoms with van der Waals surface area (Å²) >= 11 is 0. The average molecular weight is 492 g/mol. The Morgan fingerprint density at radius 3 is 2.68 bits per heavy atom. The molecule has 184 valence electrons. The minimum absolute atomic E-state index is 0.257. The number of imidazole rings is 1. The van der Waals surface area contributed by atoms with Gasteiger partial charge in [-0.3, -0.25) is 5.10 Å². The Morgan fingerprint density at radius 2 is 1.86 bits per heavy atom. The molecule has 1 aromatic carbocycles. The first-order chi connectivity index (χ1) is 17.9. The van der Waals surface area contributed by atoms with Crippen molar-refractivity contribution in [3.8, 4) is 11.5 Å². The minimum Gasteiger partial charge on any atom is -0.379 e. The Bertz CT molecular complexity index is 1680. The van der Waals surface area contributed by atoms with Crippen LogP contribution in [0.25, 0.3) is 33.7 Å². The highest BCUT2D eigenvalue weighted by atomic mass is 19.1. The Balaban J connectivity index is 1.31. The quantitative estimate of drug-likeness (QED) is 0.397. The first-order valence-corrected chi connectivity index (χ1v) is 12.4. The lowest BCUT2D eigenvalue weighted by atomic mass is 10.0. The predicted octanol–water partition coefficient (Wildman–Crippen LogP) is 4.91. The number of H-pyrrole nitrogens is 2. The average Bonchev–Trinajstić information content (AvgIpc) is 3.44. The van der Waals surface area contributed by atoms with Crippen LogP contribution in [0.4, 0.5) is 4.39 Å². The van der Waals surface area contributed by atoms with E-state index in [1.165, 1.54) is 23.4 Å². The van der Waals surface area contributed by atoms with Crippen LogP contribution in [0.3, 0.4) is 0 Å². The molecule has 2 N–H and O–H groups in total. The fourth-order valence-corrected chi connectivity index (χ4v) is 5.20. The number of allylic oxidation sites excluding steroid dienone is 5. The topological polar surface area (TPSA) is 76.5 Å². The van der Waals surface area contributed by atoms with Crippen molar-refractivity contribution in [3.63, 3.8) is 0 Å². The van der Waals surface area contributed by atoms with Crippen molar-refractivity contribution in [2.75, 3.05) is 20.6 Å². The highest BCUT2D eigenvalue weighted by molar-refractivity contribution is 5.91. The molecule has 0 saturated carbocycles. The second-order valence-corrected chi connectivity index (χ2v) is 10.1. The number of rotatable bonds is 4. The molecule has 1 saturated heterocycles. The van der Waals surface area contributed by atoms with Gasteiger partial charge in [-0.05, 0) is 42.8 Å². The van der Waals surface area contributed by atoms with Crippen molar-refractivity contribution in [2.24, 2.45) is 0 Å². The maximum atomic E-state index is 13.6. The standard InChI is InChI=1S/C29H26FN7/c1-16-4-9-20(17-5-7-19(30)8-6-17)26-23(12-16)32-29(33-26)28-27-22(34-35-28)11-10-21(31-27)18-13-24(36(2)3)25-15-37(25)14-18/h4-11,13-14,25H,12,15H2,1-3H3,(H,32,33)(H,34,35). The van der Waals surface area contributed by atoms with Gasteiger partial charge < -0.3 is 14.8 Å². The van der Waals surface area contributed by atoms with Gasteiger partial charge in [0.05, 0.1) is 22.9 Å². The van der Waals surface area contributed by atoms with Crippen LogP contribution in [-0.2, 0) is 6.42 Å². The van der Waals surface area contributed by atoms with Crippen molar-refractivity contribution in [3.05, 3.63) is 101 Å². The molecular weight excluding hydrogens is 465 g/mol. The van der Waals surface area contributed by atoms with E-state index in [-0.39, 0.29) is 5.82 Å². The van der Waals surface area contributed by atoms with E-state index in [0.717, 1.165) is 57.8 Å². The summed E-state index contributed by atoms with van der Waals surface area (Å²) in [6.45, 7) is 3.14. The fraction of sp³-hybridized carbons (Fsp3) is 0.207. The number of aromatic nitrogens is 5. The molecule has 4 aromatic rings. The third-order valence-corrected chi connectivity index (χ3v) is 7.22. The van der Waals surface area contributed by atoms with Gasteiger partial charge in [-0.1, -0.05) is 29.9 Å². The Kier molecular flexibility index (Phi) is 4.73. The summed E-state index contributed by atoms with van der Waals surface area (Å²) in [5.74, 6) is 0.406. The molecule has 0 bridgehead atoms. The lowest BCUT2D eigenvalue weighted by Crippen LogP contribution is -2.19. The van der Waals surface area contributed by atoms with E-state index in [2.05, 4.69) is 70.4 Å². The molecular formula is C29H26FN7. The van der Waals surface area contributed by atoms with Gasteiger partial charge in [-0.2, -0.15) is 5.10 Å². The first-order valence-electron chi connectivity index (χ1n) is 12.4. The number of halogens is 1. The summed E-state index contributed by atoms with van der Waals surface area (Å²) in [7, 11) is 4.17. The van der Waals surface area contributed by atoms with Gasteiger partial charge in [0.15, 0.2) is 11.5 Å². The molecule has 5 heterocycles. The van der Waals surface area contributed by atoms with Crippen LogP contribution in [-0.4, -0.2) is 61.6 Å². The molecule has 0 spiro atoms. The highest BCUT2D eigenvalue weighted by Crippen LogP contribution is 2.37. The number of fused-ring (bicyclic) bond motifs is 3. The smallest absolute Gasteiger partial charge is 0.161 e. The van der Waals surface area contributed by atoms with Crippen LogP contribution >= 0.6 is 0 Å². The van der Waals surface area contributed by atoms with Crippen LogP contribution in [0, 0.1) is 5.82 Å². The zero-order chi connectivity index (χ0) is 25.3. The molecule has 7 rings (SSSR count). The fourth-order valence-electron chi connectivity index (χ4n) is 5.20. The largest absolute Gasteiger partial charge is 0.379 e. The molecule has 1 fully saturated rings. The zero-order valence-electron chi connectivity index (χ0n) is 20.9. The number of likely N-dealkylation sites (N-methyl/N-ethyl adjacent to an activating group) is 1. The molecule has 2 aliphatic heterocycles. The van der Waals surface area contributed by atoms with E-state index >= 15 is 0 Å². The Labute approximate surface area is 213 Å². The molecule has 37 heavy (non-hydrogen) atoms. The van der Waals surface area contributed by atoms with Crippen molar-refractivity contribution in [1.82, 2.24) is 34.9 Å². The van der Waals surface area contributed by atoms with Gasteiger partial charge in [0.2, 0.25) is 0 Å². The third-order valence-electron chi connectivity index (χ3n) is 7.22. The lowest BCUT2D eigenvalue weighted by Gasteiger charge is -2.21. The van der Waals surface area contributed by atoms with Gasteiger partial charge in [-0.15, -0.1) is 0 Å². The molecule has 7 nitrogen and oxygen atoms in total. The lowest BCUT2D eigenvalue weighted by molar-refractivity contribution is 0.474. The Morgan fingerprint density at radius 1 is 1.03 bits per heavy atom. The number of hydrogen-bond donors (Lipinski definition) is 2. The maximum Gasteiger partial charge on any atom is 0.161 e. The van der Waals surface area contributed by atoms with Crippen molar-refractivity contribution < 1.29 is 4.39 Å². The summed E-state index contributed by atoms with van der Waals surface area (Å²) in [5, 5.41) is 7.71. The van der Waals surface area contributed by atoms with Crippen LogP contribution in [0.15, 0.2) is 72.1 Å². The van der Waals surface area contributed by atoms with E-state index in [4.69, 9.17) is 9.97 Å². The third kappa shape index (κ3) is 3.67. The number of nitrogens with one attached hydrogen (secondary N) is 2. The van der Waals surface area contributed by atoms with Crippen LogP contribution in [0.2, 0.25) is 0 Å². The summed E-state index contributed by atoms with van der Waals surface area (Å²) < 4.78 is 13.6. The molecule has 1 aliphatic carbocycles. The summed E-state index contributed by atoms with van der Waals surface area (Å²) in [5.41, 5.74) is 10.5. The molecule has 0 radical (unpaired) electrons. The van der Waals surface area contributed by atoms with E-state index in [1.807, 2.05) is 12.1 Å². The second-order valence-electron chi connectivity index (χ2n) is 10.1. The van der Waals surface area contributed by atoms with Gasteiger partial charge in [0.25, 0.3) is 0 Å². The molecule has 1 atom stereocenters. The SMILES string of the molecule is CC1=CC=C(c2ccc(F)cc2)c2nc(-c3n[nH]c4ccc(C5=CN6CC6C(N(C)C)=C5)nc34)[nH]c2C1. The van der Waals surface area contributed by atoms with E-state index in [0.29, 0.717) is 17.6 Å². The first kappa shape index (κ1) is 21.8. The van der Waals surface area contributed by atoms with Crippen LogP contribution in [0.1, 0.15) is 29.6 Å². The molecule has 8 heteroatoms. The minimum atomic E-state index is -0.257. The number of hydrogen-bond acceptors (Lipinski definition) is 5. The number of pyridine rings is 1. The van der Waals surface area contributed by atoms with Gasteiger partial charge in [0, 0.05) is 55.8 Å². The van der Waals surface area contributed by atoms with Gasteiger partial charge in [-0.25, -0.2) is 14.4 Å². The van der Waals surface area contributed by atoms with Gasteiger partial charge in [0.1, 0.15) is 11.3 Å². The maximum absolute atomic E-state index is 13.6. The van der Waals surface area contributed by atoms with Crippen LogP contribution in [0.5, 0.6) is 0 Å². The van der Waals surface area contributed by atoms with E-state index in [9.17, 15) is 4.39 Å². The van der Waals surface area contributed by atoms with Crippen LogP contribution < -0.4 is 0 Å². The number of nitrogens with zero attached hydrogens (tertiary/aromatic N) is 5. The number of aromatic amines is 2. The second kappa shape index (κ2) is 8.03. The Hall–Kier alpha value is -4.46. The summed E-state index contributed by atoms with van der Waals surface area (Å²) in [6.07, 6.45) is 9.32. The normalized spacial score (nSPS) is 18.4. The van der Waals surface area contributed by atoms with E-state index in [1.54, 1.807) is 12.1 Å². The predicted molar refractivity (Wildman–Crippen MR) is 143 cm³/mol. The number of benzene rings is 1.